The van der Waals surface area contributed by atoms with E-state index in [1.165, 1.54) is 7.11 Å². The highest BCUT2D eigenvalue weighted by molar-refractivity contribution is 7.98. The smallest absolute Gasteiger partial charge is 0.326 e. The molecule has 0 heterocycles. The van der Waals surface area contributed by atoms with Crippen molar-refractivity contribution in [1.82, 2.24) is 10.6 Å². The predicted octanol–water partition coefficient (Wildman–Crippen LogP) is 0.918. The molecule has 6 nitrogen and oxygen atoms in total. The van der Waals surface area contributed by atoms with E-state index in [2.05, 4.69) is 10.6 Å². The van der Waals surface area contributed by atoms with E-state index in [4.69, 9.17) is 9.84 Å². The van der Waals surface area contributed by atoms with E-state index >= 15 is 0 Å². The minimum Gasteiger partial charge on any atom is -0.480 e. The second kappa shape index (κ2) is 11.2. The SMILES string of the molecule is COCCC(NC(=O)NCCCCSC)C(=O)O. The first-order valence-corrected chi connectivity index (χ1v) is 7.26. The van der Waals surface area contributed by atoms with Crippen LogP contribution in [0.5, 0.6) is 0 Å². The molecule has 0 rings (SSSR count). The van der Waals surface area contributed by atoms with Crippen LogP contribution in [-0.4, -0.2) is 55.4 Å². The van der Waals surface area contributed by atoms with Crippen LogP contribution in [-0.2, 0) is 9.53 Å². The molecule has 106 valence electrons. The van der Waals surface area contributed by atoms with E-state index in [-0.39, 0.29) is 6.42 Å². The Morgan fingerprint density at radius 3 is 2.67 bits per heavy atom. The number of unbranched alkanes of at least 4 members (excludes halogenated alkanes) is 1. The van der Waals surface area contributed by atoms with Gasteiger partial charge in [0.05, 0.1) is 0 Å². The summed E-state index contributed by atoms with van der Waals surface area (Å²) in [6.07, 6.45) is 4.22. The zero-order valence-electron chi connectivity index (χ0n) is 10.9. The van der Waals surface area contributed by atoms with Gasteiger partial charge in [0.25, 0.3) is 0 Å². The molecule has 0 aliphatic carbocycles. The van der Waals surface area contributed by atoms with Crippen molar-refractivity contribution in [3.63, 3.8) is 0 Å². The highest BCUT2D eigenvalue weighted by atomic mass is 32.2. The van der Waals surface area contributed by atoms with Gasteiger partial charge in [-0.15, -0.1) is 0 Å². The molecule has 0 saturated heterocycles. The Hall–Kier alpha value is -0.950. The van der Waals surface area contributed by atoms with Crippen molar-refractivity contribution >= 4 is 23.8 Å². The summed E-state index contributed by atoms with van der Waals surface area (Å²) in [6.45, 7) is 0.855. The Labute approximate surface area is 112 Å². The maximum atomic E-state index is 11.4. The van der Waals surface area contributed by atoms with Crippen molar-refractivity contribution in [3.05, 3.63) is 0 Å². The summed E-state index contributed by atoms with van der Waals surface area (Å²) in [4.78, 5) is 22.3. The van der Waals surface area contributed by atoms with Crippen LogP contribution in [0, 0.1) is 0 Å². The molecule has 0 aromatic heterocycles. The summed E-state index contributed by atoms with van der Waals surface area (Å²) in [5.41, 5.74) is 0. The van der Waals surface area contributed by atoms with Gasteiger partial charge in [-0.05, 0) is 24.9 Å². The van der Waals surface area contributed by atoms with Crippen LogP contribution < -0.4 is 10.6 Å². The fourth-order valence-corrected chi connectivity index (χ4v) is 1.77. The molecule has 18 heavy (non-hydrogen) atoms. The van der Waals surface area contributed by atoms with Gasteiger partial charge < -0.3 is 20.5 Å². The number of urea groups is 1. The third-order valence-corrected chi connectivity index (χ3v) is 2.97. The quantitative estimate of drug-likeness (QED) is 0.517. The predicted molar refractivity (Wildman–Crippen MR) is 72.1 cm³/mol. The summed E-state index contributed by atoms with van der Waals surface area (Å²) in [5.74, 6) is 0.0131. The van der Waals surface area contributed by atoms with Gasteiger partial charge in [-0.25, -0.2) is 9.59 Å². The van der Waals surface area contributed by atoms with Crippen molar-refractivity contribution in [1.29, 1.82) is 0 Å². The van der Waals surface area contributed by atoms with Gasteiger partial charge in [-0.1, -0.05) is 0 Å². The van der Waals surface area contributed by atoms with Crippen molar-refractivity contribution in [2.75, 3.05) is 32.3 Å². The van der Waals surface area contributed by atoms with Crippen molar-refractivity contribution in [2.45, 2.75) is 25.3 Å². The molecule has 7 heteroatoms. The number of carbonyl (C=O) groups excluding carboxylic acids is 1. The number of ether oxygens (including phenoxy) is 1. The monoisotopic (exact) mass is 278 g/mol. The number of rotatable bonds is 10. The molecule has 0 saturated carbocycles. The van der Waals surface area contributed by atoms with Crippen LogP contribution in [0.4, 0.5) is 4.79 Å². The summed E-state index contributed by atoms with van der Waals surface area (Å²) < 4.78 is 4.79. The van der Waals surface area contributed by atoms with E-state index in [9.17, 15) is 9.59 Å². The fourth-order valence-electron chi connectivity index (χ4n) is 1.28. The minimum absolute atomic E-state index is 0.256. The van der Waals surface area contributed by atoms with Gasteiger partial charge in [-0.2, -0.15) is 11.8 Å². The Kier molecular flexibility index (Phi) is 10.6. The van der Waals surface area contributed by atoms with E-state index in [0.29, 0.717) is 13.2 Å². The minimum atomic E-state index is -1.05. The standard InChI is InChI=1S/C11H22N2O4S/c1-17-7-5-9(10(14)15)13-11(16)12-6-3-4-8-18-2/h9H,3-8H2,1-2H3,(H,14,15)(H2,12,13,16). The first-order valence-electron chi connectivity index (χ1n) is 5.86. The molecule has 0 aromatic rings. The van der Waals surface area contributed by atoms with Crippen molar-refractivity contribution in [3.8, 4) is 0 Å². The molecule has 2 amide bonds. The lowest BCUT2D eigenvalue weighted by Gasteiger charge is -2.14. The van der Waals surface area contributed by atoms with Crippen LogP contribution in [0.3, 0.4) is 0 Å². The number of nitrogens with one attached hydrogen (secondary N) is 2. The van der Waals surface area contributed by atoms with Gasteiger partial charge >= 0.3 is 12.0 Å². The number of carbonyl (C=O) groups is 2. The molecule has 0 spiro atoms. The molecular weight excluding hydrogens is 256 g/mol. The summed E-state index contributed by atoms with van der Waals surface area (Å²) in [5, 5.41) is 13.9. The molecular formula is C11H22N2O4S. The Morgan fingerprint density at radius 2 is 2.11 bits per heavy atom. The lowest BCUT2D eigenvalue weighted by atomic mass is 10.2. The van der Waals surface area contributed by atoms with Crippen molar-refractivity contribution < 1.29 is 19.4 Å². The Bertz CT molecular complexity index is 251. The maximum absolute atomic E-state index is 11.4. The molecule has 0 fully saturated rings. The highest BCUT2D eigenvalue weighted by Crippen LogP contribution is 1.98. The number of hydrogen-bond acceptors (Lipinski definition) is 4. The summed E-state index contributed by atoms with van der Waals surface area (Å²) >= 11 is 1.76. The van der Waals surface area contributed by atoms with E-state index < -0.39 is 18.0 Å². The molecule has 1 atom stereocenters. The number of carboxylic acids is 1. The molecule has 0 aliphatic rings. The Morgan fingerprint density at radius 1 is 1.39 bits per heavy atom. The molecule has 0 radical (unpaired) electrons. The van der Waals surface area contributed by atoms with Crippen LogP contribution in [0.2, 0.25) is 0 Å². The number of amides is 2. The van der Waals surface area contributed by atoms with E-state index in [1.54, 1.807) is 11.8 Å². The number of hydrogen-bond donors (Lipinski definition) is 3. The highest BCUT2D eigenvalue weighted by Gasteiger charge is 2.18. The van der Waals surface area contributed by atoms with E-state index in [0.717, 1.165) is 18.6 Å². The summed E-state index contributed by atoms with van der Waals surface area (Å²) in [6, 6.07) is -1.35. The van der Waals surface area contributed by atoms with Crippen LogP contribution in [0.25, 0.3) is 0 Å². The third kappa shape index (κ3) is 9.12. The lowest BCUT2D eigenvalue weighted by molar-refractivity contribution is -0.139. The average molecular weight is 278 g/mol. The van der Waals surface area contributed by atoms with Gasteiger partial charge in [-0.3, -0.25) is 0 Å². The first kappa shape index (κ1) is 17.1. The third-order valence-electron chi connectivity index (χ3n) is 2.27. The van der Waals surface area contributed by atoms with E-state index in [1.807, 2.05) is 6.26 Å². The molecule has 0 bridgehead atoms. The number of thioether (sulfide) groups is 1. The van der Waals surface area contributed by atoms with Gasteiger partial charge in [0, 0.05) is 26.7 Å². The Balaban J connectivity index is 3.77. The number of aliphatic carboxylic acids is 1. The van der Waals surface area contributed by atoms with Crippen LogP contribution in [0.15, 0.2) is 0 Å². The first-order chi connectivity index (χ1) is 8.61. The molecule has 0 aliphatic heterocycles. The topological polar surface area (TPSA) is 87.7 Å². The number of methoxy groups -OCH3 is 1. The van der Waals surface area contributed by atoms with Crippen LogP contribution >= 0.6 is 11.8 Å². The second-order valence-electron chi connectivity index (χ2n) is 3.77. The summed E-state index contributed by atoms with van der Waals surface area (Å²) in [7, 11) is 1.49. The van der Waals surface area contributed by atoms with Gasteiger partial charge in [0.2, 0.25) is 0 Å². The van der Waals surface area contributed by atoms with Crippen molar-refractivity contribution in [2.24, 2.45) is 0 Å². The largest absolute Gasteiger partial charge is 0.480 e. The number of carboxylic acid groups (broad SMARTS) is 1. The average Bonchev–Trinajstić information content (AvgIpc) is 2.33. The zero-order chi connectivity index (χ0) is 13.8. The molecule has 1 unspecified atom stereocenters. The maximum Gasteiger partial charge on any atom is 0.326 e. The fraction of sp³-hybridized carbons (Fsp3) is 0.818. The zero-order valence-corrected chi connectivity index (χ0v) is 11.7. The molecule has 3 N–H and O–H groups in total. The van der Waals surface area contributed by atoms with Gasteiger partial charge in [0.1, 0.15) is 6.04 Å². The normalized spacial score (nSPS) is 11.9. The van der Waals surface area contributed by atoms with Gasteiger partial charge in [0.15, 0.2) is 0 Å². The molecule has 0 aromatic carbocycles. The second-order valence-corrected chi connectivity index (χ2v) is 4.76. The lowest BCUT2D eigenvalue weighted by Crippen LogP contribution is -2.46. The van der Waals surface area contributed by atoms with Crippen LogP contribution in [0.1, 0.15) is 19.3 Å².